The van der Waals surface area contributed by atoms with Gasteiger partial charge in [0.15, 0.2) is 5.58 Å². The Bertz CT molecular complexity index is 764. The molecule has 3 aromatic rings. The summed E-state index contributed by atoms with van der Waals surface area (Å²) in [6.45, 7) is 3.65. The summed E-state index contributed by atoms with van der Waals surface area (Å²) in [6.07, 6.45) is 0. The van der Waals surface area contributed by atoms with E-state index in [1.165, 1.54) is 11.1 Å². The number of nitrogens with zero attached hydrogens (tertiary/aromatic N) is 2. The normalized spacial score (nSPS) is 11.4. The van der Waals surface area contributed by atoms with E-state index in [4.69, 9.17) is 10.2 Å². The number of hydrogen-bond acceptors (Lipinski definition) is 4. The monoisotopic (exact) mass is 281 g/mol. The molecular formula is C17H19N3O. The van der Waals surface area contributed by atoms with Gasteiger partial charge in [0.2, 0.25) is 5.89 Å². The molecule has 0 bridgehead atoms. The first-order valence-corrected chi connectivity index (χ1v) is 7.00. The van der Waals surface area contributed by atoms with Gasteiger partial charge in [-0.2, -0.15) is 0 Å². The van der Waals surface area contributed by atoms with Crippen molar-refractivity contribution in [2.45, 2.75) is 20.0 Å². The van der Waals surface area contributed by atoms with E-state index in [2.05, 4.69) is 48.1 Å². The number of rotatable bonds is 4. The van der Waals surface area contributed by atoms with Crippen LogP contribution < -0.4 is 5.73 Å². The third-order valence-corrected chi connectivity index (χ3v) is 3.60. The van der Waals surface area contributed by atoms with Crippen molar-refractivity contribution < 1.29 is 4.42 Å². The quantitative estimate of drug-likeness (QED) is 0.745. The number of oxazole rings is 1. The molecule has 4 nitrogen and oxygen atoms in total. The van der Waals surface area contributed by atoms with Gasteiger partial charge in [0.05, 0.1) is 12.2 Å². The first kappa shape index (κ1) is 13.6. The molecule has 0 saturated heterocycles. The number of nitrogen functional groups attached to an aromatic ring is 1. The third-order valence-electron chi connectivity index (χ3n) is 3.60. The molecule has 1 heterocycles. The van der Waals surface area contributed by atoms with Crippen LogP contribution in [0.25, 0.3) is 11.1 Å². The van der Waals surface area contributed by atoms with Crippen LogP contribution >= 0.6 is 0 Å². The molecule has 2 aromatic carbocycles. The van der Waals surface area contributed by atoms with Crippen molar-refractivity contribution in [2.75, 3.05) is 12.8 Å². The topological polar surface area (TPSA) is 55.3 Å². The third kappa shape index (κ3) is 2.90. The average molecular weight is 281 g/mol. The molecule has 0 spiro atoms. The zero-order valence-electron chi connectivity index (χ0n) is 12.3. The van der Waals surface area contributed by atoms with Crippen molar-refractivity contribution in [3.05, 3.63) is 59.5 Å². The van der Waals surface area contributed by atoms with Crippen LogP contribution in [0.2, 0.25) is 0 Å². The lowest BCUT2D eigenvalue weighted by molar-refractivity contribution is 0.285. The van der Waals surface area contributed by atoms with E-state index in [-0.39, 0.29) is 0 Å². The number of nitrogens with two attached hydrogens (primary N) is 1. The summed E-state index contributed by atoms with van der Waals surface area (Å²) in [6, 6.07) is 14.0. The van der Waals surface area contributed by atoms with Gasteiger partial charge < -0.3 is 10.2 Å². The van der Waals surface area contributed by atoms with E-state index in [9.17, 15) is 0 Å². The Labute approximate surface area is 124 Å². The summed E-state index contributed by atoms with van der Waals surface area (Å²) in [5, 5.41) is 0. The van der Waals surface area contributed by atoms with Gasteiger partial charge in [0.25, 0.3) is 0 Å². The van der Waals surface area contributed by atoms with Crippen molar-refractivity contribution >= 4 is 16.8 Å². The van der Waals surface area contributed by atoms with Crippen LogP contribution in [0.15, 0.2) is 46.9 Å². The number of benzene rings is 2. The van der Waals surface area contributed by atoms with Crippen LogP contribution in [0.3, 0.4) is 0 Å². The highest BCUT2D eigenvalue weighted by Crippen LogP contribution is 2.22. The summed E-state index contributed by atoms with van der Waals surface area (Å²) >= 11 is 0. The van der Waals surface area contributed by atoms with E-state index >= 15 is 0 Å². The van der Waals surface area contributed by atoms with Gasteiger partial charge in [0, 0.05) is 6.54 Å². The minimum Gasteiger partial charge on any atom is -0.439 e. The van der Waals surface area contributed by atoms with Gasteiger partial charge in [-0.1, -0.05) is 30.3 Å². The molecule has 0 aliphatic rings. The maximum absolute atomic E-state index is 5.91. The Morgan fingerprint density at radius 1 is 1.10 bits per heavy atom. The number of aryl methyl sites for hydroxylation is 1. The highest BCUT2D eigenvalue weighted by Gasteiger charge is 2.11. The van der Waals surface area contributed by atoms with E-state index < -0.39 is 0 Å². The van der Waals surface area contributed by atoms with Crippen molar-refractivity contribution in [3.8, 4) is 0 Å². The Hall–Kier alpha value is -2.33. The van der Waals surface area contributed by atoms with Gasteiger partial charge in [-0.05, 0) is 37.2 Å². The first-order chi connectivity index (χ1) is 10.1. The lowest BCUT2D eigenvalue weighted by atomic mass is 10.1. The van der Waals surface area contributed by atoms with Crippen molar-refractivity contribution in [1.82, 2.24) is 9.88 Å². The fraction of sp³-hybridized carbons (Fsp3) is 0.235. The first-order valence-electron chi connectivity index (χ1n) is 7.00. The molecule has 0 aliphatic heterocycles. The maximum Gasteiger partial charge on any atom is 0.209 e. The van der Waals surface area contributed by atoms with Crippen LogP contribution in [0.5, 0.6) is 0 Å². The SMILES string of the molecule is Cc1ccccc1CN(C)Cc1nc2c(N)cccc2o1. The summed E-state index contributed by atoms with van der Waals surface area (Å²) in [7, 11) is 2.06. The summed E-state index contributed by atoms with van der Waals surface area (Å²) in [5.41, 5.74) is 10.7. The van der Waals surface area contributed by atoms with Crippen LogP contribution in [0.4, 0.5) is 5.69 Å². The van der Waals surface area contributed by atoms with Gasteiger partial charge in [-0.3, -0.25) is 4.90 Å². The zero-order valence-corrected chi connectivity index (χ0v) is 12.3. The molecule has 0 saturated carbocycles. The number of anilines is 1. The molecule has 1 aromatic heterocycles. The fourth-order valence-electron chi connectivity index (χ4n) is 2.45. The highest BCUT2D eigenvalue weighted by molar-refractivity contribution is 5.85. The van der Waals surface area contributed by atoms with Crippen molar-refractivity contribution in [1.29, 1.82) is 0 Å². The molecule has 0 aliphatic carbocycles. The van der Waals surface area contributed by atoms with Gasteiger partial charge in [0.1, 0.15) is 5.52 Å². The molecule has 2 N–H and O–H groups in total. The second kappa shape index (κ2) is 5.58. The van der Waals surface area contributed by atoms with E-state index in [1.54, 1.807) is 0 Å². The van der Waals surface area contributed by atoms with E-state index in [0.29, 0.717) is 18.1 Å². The van der Waals surface area contributed by atoms with Crippen molar-refractivity contribution in [3.63, 3.8) is 0 Å². The predicted octanol–water partition coefficient (Wildman–Crippen LogP) is 3.35. The maximum atomic E-state index is 5.91. The van der Waals surface area contributed by atoms with Crippen molar-refractivity contribution in [2.24, 2.45) is 0 Å². The number of aromatic nitrogens is 1. The van der Waals surface area contributed by atoms with Crippen LogP contribution in [-0.2, 0) is 13.1 Å². The second-order valence-corrected chi connectivity index (χ2v) is 5.40. The number of para-hydroxylation sites is 1. The predicted molar refractivity (Wildman–Crippen MR) is 84.8 cm³/mol. The van der Waals surface area contributed by atoms with Gasteiger partial charge in [-0.15, -0.1) is 0 Å². The molecule has 21 heavy (non-hydrogen) atoms. The second-order valence-electron chi connectivity index (χ2n) is 5.40. The largest absolute Gasteiger partial charge is 0.439 e. The smallest absolute Gasteiger partial charge is 0.209 e. The molecule has 0 unspecified atom stereocenters. The highest BCUT2D eigenvalue weighted by atomic mass is 16.3. The molecule has 0 radical (unpaired) electrons. The van der Waals surface area contributed by atoms with E-state index in [1.807, 2.05) is 18.2 Å². The molecule has 3 rings (SSSR count). The Balaban J connectivity index is 1.76. The fourth-order valence-corrected chi connectivity index (χ4v) is 2.45. The van der Waals surface area contributed by atoms with E-state index in [0.717, 1.165) is 17.6 Å². The standard InChI is InChI=1S/C17H19N3O/c1-12-6-3-4-7-13(12)10-20(2)11-16-19-17-14(18)8-5-9-15(17)21-16/h3-9H,10-11,18H2,1-2H3. The minimum atomic E-state index is 0.655. The van der Waals surface area contributed by atoms with Crippen LogP contribution in [0.1, 0.15) is 17.0 Å². The number of hydrogen-bond donors (Lipinski definition) is 1. The molecule has 4 heteroatoms. The molecule has 108 valence electrons. The Morgan fingerprint density at radius 3 is 2.67 bits per heavy atom. The van der Waals surface area contributed by atoms with Crippen LogP contribution in [-0.4, -0.2) is 16.9 Å². The molecule has 0 fully saturated rings. The average Bonchev–Trinajstić information content (AvgIpc) is 2.85. The Morgan fingerprint density at radius 2 is 1.90 bits per heavy atom. The number of fused-ring (bicyclic) bond motifs is 1. The summed E-state index contributed by atoms with van der Waals surface area (Å²) < 4.78 is 5.75. The summed E-state index contributed by atoms with van der Waals surface area (Å²) in [5.74, 6) is 0.694. The molecule has 0 amide bonds. The lowest BCUT2D eigenvalue weighted by Crippen LogP contribution is -2.18. The van der Waals surface area contributed by atoms with Crippen LogP contribution in [0, 0.1) is 6.92 Å². The lowest BCUT2D eigenvalue weighted by Gasteiger charge is -2.15. The van der Waals surface area contributed by atoms with Gasteiger partial charge >= 0.3 is 0 Å². The molecule has 0 atom stereocenters. The zero-order chi connectivity index (χ0) is 14.8. The van der Waals surface area contributed by atoms with Gasteiger partial charge in [-0.25, -0.2) is 4.98 Å². The molecular weight excluding hydrogens is 262 g/mol. The summed E-state index contributed by atoms with van der Waals surface area (Å²) in [4.78, 5) is 6.67. The minimum absolute atomic E-state index is 0.655. The Kier molecular flexibility index (Phi) is 3.62.